The van der Waals surface area contributed by atoms with Crippen molar-refractivity contribution in [3.8, 4) is 0 Å². The molecule has 0 bridgehead atoms. The zero-order valence-electron chi connectivity index (χ0n) is 9.73. The first-order valence-electron chi connectivity index (χ1n) is 5.52. The fraction of sp³-hybridized carbons (Fsp3) is 0.231. The molecule has 0 amide bonds. The Morgan fingerprint density at radius 1 is 1.21 bits per heavy atom. The third kappa shape index (κ3) is 3.39. The molecule has 1 aliphatic heterocycles. The van der Waals surface area contributed by atoms with E-state index in [1.807, 2.05) is 0 Å². The van der Waals surface area contributed by atoms with Crippen molar-refractivity contribution in [1.29, 1.82) is 0 Å². The quantitative estimate of drug-likeness (QED) is 0.893. The summed E-state index contributed by atoms with van der Waals surface area (Å²) in [6.45, 7) is 0.0127. The summed E-state index contributed by atoms with van der Waals surface area (Å²) in [6.07, 6.45) is -2.59. The van der Waals surface area contributed by atoms with E-state index < -0.39 is 12.3 Å². The molecule has 1 aliphatic rings. The normalized spacial score (nSPS) is 17.3. The number of alkyl halides is 3. The number of hydrogen-bond acceptors (Lipinski definition) is 2. The van der Waals surface area contributed by atoms with Crippen LogP contribution in [0.15, 0.2) is 52.7 Å². The lowest BCUT2D eigenvalue weighted by atomic mass is 10.1. The summed E-state index contributed by atoms with van der Waals surface area (Å²) in [4.78, 5) is 1.65. The summed E-state index contributed by atoms with van der Waals surface area (Å²) < 4.78 is 38.3. The molecule has 1 heterocycles. The van der Waals surface area contributed by atoms with Crippen LogP contribution in [0.5, 0.6) is 0 Å². The predicted octanol–water partition coefficient (Wildman–Crippen LogP) is 3.63. The number of aliphatic hydroxyl groups excluding tert-OH is 1. The molecule has 0 radical (unpaired) electrons. The van der Waals surface area contributed by atoms with Gasteiger partial charge in [-0.1, -0.05) is 22.0 Å². The largest absolute Gasteiger partial charge is 0.418 e. The Balaban J connectivity index is 2.15. The van der Waals surface area contributed by atoms with E-state index in [-0.39, 0.29) is 12.1 Å². The lowest BCUT2D eigenvalue weighted by molar-refractivity contribution is -0.191. The van der Waals surface area contributed by atoms with Crippen LogP contribution in [0.25, 0.3) is 0 Å². The second-order valence-corrected chi connectivity index (χ2v) is 5.05. The highest BCUT2D eigenvalue weighted by Gasteiger charge is 2.41. The summed E-state index contributed by atoms with van der Waals surface area (Å²) in [5, 5.41) is 9.26. The number of hydrogen-bond donors (Lipinski definition) is 1. The van der Waals surface area contributed by atoms with Gasteiger partial charge in [0, 0.05) is 22.9 Å². The third-order valence-electron chi connectivity index (χ3n) is 2.75. The number of benzene rings is 1. The van der Waals surface area contributed by atoms with Crippen LogP contribution < -0.4 is 4.90 Å². The second-order valence-electron chi connectivity index (χ2n) is 4.13. The fourth-order valence-corrected chi connectivity index (χ4v) is 2.03. The van der Waals surface area contributed by atoms with E-state index in [2.05, 4.69) is 15.9 Å². The molecule has 2 nitrogen and oxygen atoms in total. The van der Waals surface area contributed by atoms with Crippen molar-refractivity contribution in [2.45, 2.75) is 12.3 Å². The van der Waals surface area contributed by atoms with Crippen LogP contribution in [0.4, 0.5) is 18.9 Å². The van der Waals surface area contributed by atoms with E-state index in [0.717, 1.165) is 10.2 Å². The van der Waals surface area contributed by atoms with Gasteiger partial charge in [-0.05, 0) is 35.9 Å². The van der Waals surface area contributed by atoms with Crippen LogP contribution in [-0.2, 0) is 0 Å². The molecule has 0 spiro atoms. The van der Waals surface area contributed by atoms with Gasteiger partial charge in [-0.15, -0.1) is 0 Å². The Kier molecular flexibility index (Phi) is 4.01. The Bertz CT molecular complexity index is 508. The summed E-state index contributed by atoms with van der Waals surface area (Å²) >= 11 is 3.29. The van der Waals surface area contributed by atoms with Gasteiger partial charge in [0.05, 0.1) is 0 Å². The predicted molar refractivity (Wildman–Crippen MR) is 70.8 cm³/mol. The molecule has 1 unspecified atom stereocenters. The van der Waals surface area contributed by atoms with Gasteiger partial charge in [-0.25, -0.2) is 0 Å². The molecular formula is C13H11BrF3NO. The van der Waals surface area contributed by atoms with Gasteiger partial charge in [-0.3, -0.25) is 0 Å². The zero-order chi connectivity index (χ0) is 14.0. The second kappa shape index (κ2) is 5.38. The lowest BCUT2D eigenvalue weighted by Crippen LogP contribution is -2.36. The van der Waals surface area contributed by atoms with Gasteiger partial charge in [0.15, 0.2) is 6.10 Å². The highest BCUT2D eigenvalue weighted by Crippen LogP contribution is 2.29. The van der Waals surface area contributed by atoms with Crippen LogP contribution in [0.1, 0.15) is 0 Å². The summed E-state index contributed by atoms with van der Waals surface area (Å²) in [6, 6.07) is 7.19. The Hall–Kier alpha value is -1.27. The molecule has 1 atom stereocenters. The molecular weight excluding hydrogens is 323 g/mol. The monoisotopic (exact) mass is 333 g/mol. The number of allylic oxidation sites excluding steroid dienone is 2. The van der Waals surface area contributed by atoms with Gasteiger partial charge >= 0.3 is 6.18 Å². The fourth-order valence-electron chi connectivity index (χ4n) is 1.77. The third-order valence-corrected chi connectivity index (χ3v) is 3.28. The number of halogens is 4. The molecule has 102 valence electrons. The number of nitrogens with zero attached hydrogens (tertiary/aromatic N) is 1. The standard InChI is InChI=1S/C13H11BrF3NO/c14-10-3-5-11(6-4-10)18-7-1-2-9(8-18)12(19)13(15,16)17/h1-7,12,19H,8H2. The van der Waals surface area contributed by atoms with Crippen molar-refractivity contribution in [3.05, 3.63) is 52.7 Å². The molecule has 0 saturated heterocycles. The zero-order valence-corrected chi connectivity index (χ0v) is 11.3. The maximum absolute atomic E-state index is 12.5. The minimum Gasteiger partial charge on any atom is -0.379 e. The van der Waals surface area contributed by atoms with Crippen molar-refractivity contribution in [3.63, 3.8) is 0 Å². The molecule has 0 aliphatic carbocycles. The minimum absolute atomic E-state index is 0.0127. The highest BCUT2D eigenvalue weighted by atomic mass is 79.9. The van der Waals surface area contributed by atoms with E-state index in [0.29, 0.717) is 0 Å². The van der Waals surface area contributed by atoms with Gasteiger partial charge in [0.1, 0.15) is 0 Å². The van der Waals surface area contributed by atoms with Crippen molar-refractivity contribution in [1.82, 2.24) is 0 Å². The first-order chi connectivity index (χ1) is 8.88. The smallest absolute Gasteiger partial charge is 0.379 e. The van der Waals surface area contributed by atoms with Crippen molar-refractivity contribution < 1.29 is 18.3 Å². The average Bonchev–Trinajstić information content (AvgIpc) is 2.38. The van der Waals surface area contributed by atoms with Crippen LogP contribution >= 0.6 is 15.9 Å². The SMILES string of the molecule is OC(C1=CC=CN(c2ccc(Br)cc2)C1)C(F)(F)F. The lowest BCUT2D eigenvalue weighted by Gasteiger charge is -2.28. The maximum Gasteiger partial charge on any atom is 0.418 e. The highest BCUT2D eigenvalue weighted by molar-refractivity contribution is 9.10. The molecule has 1 N–H and O–H groups in total. The van der Waals surface area contributed by atoms with E-state index in [1.54, 1.807) is 35.4 Å². The van der Waals surface area contributed by atoms with Crippen molar-refractivity contribution in [2.75, 3.05) is 11.4 Å². The molecule has 0 saturated carbocycles. The van der Waals surface area contributed by atoms with E-state index in [9.17, 15) is 18.3 Å². The molecule has 19 heavy (non-hydrogen) atoms. The van der Waals surface area contributed by atoms with Crippen molar-refractivity contribution >= 4 is 21.6 Å². The van der Waals surface area contributed by atoms with Crippen molar-refractivity contribution in [2.24, 2.45) is 0 Å². The molecule has 0 aromatic heterocycles. The van der Waals surface area contributed by atoms with Gasteiger partial charge in [0.2, 0.25) is 0 Å². The first kappa shape index (κ1) is 14.1. The van der Waals surface area contributed by atoms with Crippen LogP contribution in [0.3, 0.4) is 0 Å². The van der Waals surface area contributed by atoms with Crippen LogP contribution in [-0.4, -0.2) is 23.9 Å². The van der Waals surface area contributed by atoms with Crippen LogP contribution in [0.2, 0.25) is 0 Å². The van der Waals surface area contributed by atoms with E-state index >= 15 is 0 Å². The Morgan fingerprint density at radius 3 is 2.42 bits per heavy atom. The Labute approximate surface area is 117 Å². The van der Waals surface area contributed by atoms with Gasteiger partial charge in [-0.2, -0.15) is 13.2 Å². The number of rotatable bonds is 2. The molecule has 2 rings (SSSR count). The molecule has 0 fully saturated rings. The molecule has 1 aromatic carbocycles. The number of anilines is 1. The van der Waals surface area contributed by atoms with E-state index in [4.69, 9.17) is 0 Å². The molecule has 6 heteroatoms. The van der Waals surface area contributed by atoms with Gasteiger partial charge in [0.25, 0.3) is 0 Å². The topological polar surface area (TPSA) is 23.5 Å². The van der Waals surface area contributed by atoms with Gasteiger partial charge < -0.3 is 10.0 Å². The molecule has 1 aromatic rings. The summed E-state index contributed by atoms with van der Waals surface area (Å²) in [5.74, 6) is 0. The maximum atomic E-state index is 12.5. The average molecular weight is 334 g/mol. The summed E-state index contributed by atoms with van der Waals surface area (Å²) in [5.41, 5.74) is 0.692. The first-order valence-corrected chi connectivity index (χ1v) is 6.31. The van der Waals surface area contributed by atoms with Crippen LogP contribution in [0, 0.1) is 0 Å². The number of aliphatic hydroxyl groups is 1. The minimum atomic E-state index is -4.64. The summed E-state index contributed by atoms with van der Waals surface area (Å²) in [7, 11) is 0. The Morgan fingerprint density at radius 2 is 1.84 bits per heavy atom. The van der Waals surface area contributed by atoms with E-state index in [1.165, 1.54) is 12.2 Å².